The van der Waals surface area contributed by atoms with Crippen LogP contribution in [0.3, 0.4) is 0 Å². The lowest BCUT2D eigenvalue weighted by Gasteiger charge is -2.17. The third-order valence-electron chi connectivity index (χ3n) is 4.72. The number of rotatable bonds is 5. The third kappa shape index (κ3) is 3.70. The Morgan fingerprint density at radius 2 is 1.93 bits per heavy atom. The van der Waals surface area contributed by atoms with E-state index in [2.05, 4.69) is 10.3 Å². The van der Waals surface area contributed by atoms with Crippen molar-refractivity contribution in [3.63, 3.8) is 0 Å². The van der Waals surface area contributed by atoms with Crippen LogP contribution in [0.1, 0.15) is 27.2 Å². The molecular formula is C21H19FN4O2. The number of nitrogens with zero attached hydrogens (tertiary/aromatic N) is 4. The summed E-state index contributed by atoms with van der Waals surface area (Å²) in [5.41, 5.74) is 3.44. The number of aromatic nitrogens is 3. The van der Waals surface area contributed by atoms with Gasteiger partial charge in [-0.15, -0.1) is 5.10 Å². The van der Waals surface area contributed by atoms with Crippen LogP contribution in [0, 0.1) is 5.82 Å². The largest absolute Gasteiger partial charge is 0.390 e. The summed E-state index contributed by atoms with van der Waals surface area (Å²) in [6.07, 6.45) is 3.58. The Labute approximate surface area is 161 Å². The highest BCUT2D eigenvalue weighted by molar-refractivity contribution is 5.96. The standard InChI is InChI=1S/C21H19FN4O2/c22-20-4-2-1-3-19(20)17-9-10-25(12-17)21(28)16-7-5-15(6-8-16)11-26-13-18(14-27)23-24-26/h1-9,13,27H,10-12,14H2. The van der Waals surface area contributed by atoms with E-state index < -0.39 is 0 Å². The van der Waals surface area contributed by atoms with Crippen molar-refractivity contribution in [3.8, 4) is 0 Å². The van der Waals surface area contributed by atoms with Gasteiger partial charge in [-0.1, -0.05) is 41.6 Å². The van der Waals surface area contributed by atoms with Crippen LogP contribution >= 0.6 is 0 Å². The maximum Gasteiger partial charge on any atom is 0.254 e. The molecule has 0 saturated heterocycles. The lowest BCUT2D eigenvalue weighted by Crippen LogP contribution is -2.28. The fourth-order valence-electron chi connectivity index (χ4n) is 3.24. The maximum absolute atomic E-state index is 14.0. The number of amides is 1. The predicted molar refractivity (Wildman–Crippen MR) is 102 cm³/mol. The van der Waals surface area contributed by atoms with Crippen molar-refractivity contribution in [1.29, 1.82) is 0 Å². The minimum atomic E-state index is -0.273. The molecular weight excluding hydrogens is 359 g/mol. The molecule has 0 atom stereocenters. The maximum atomic E-state index is 14.0. The molecule has 6 nitrogen and oxygen atoms in total. The first kappa shape index (κ1) is 18.1. The van der Waals surface area contributed by atoms with Gasteiger partial charge in [-0.3, -0.25) is 4.79 Å². The first-order valence-electron chi connectivity index (χ1n) is 8.96. The van der Waals surface area contributed by atoms with Gasteiger partial charge in [0.1, 0.15) is 11.5 Å². The minimum Gasteiger partial charge on any atom is -0.390 e. The average Bonchev–Trinajstić information content (AvgIpc) is 3.38. The molecule has 2 heterocycles. The Hall–Kier alpha value is -3.32. The number of hydrogen-bond donors (Lipinski definition) is 1. The molecule has 2 aromatic carbocycles. The summed E-state index contributed by atoms with van der Waals surface area (Å²) in [5, 5.41) is 16.8. The van der Waals surface area contributed by atoms with Gasteiger partial charge >= 0.3 is 0 Å². The smallest absolute Gasteiger partial charge is 0.254 e. The Morgan fingerprint density at radius 1 is 1.14 bits per heavy atom. The van der Waals surface area contributed by atoms with Crippen LogP contribution in [0.2, 0.25) is 0 Å². The number of aliphatic hydroxyl groups excluding tert-OH is 1. The van der Waals surface area contributed by atoms with Crippen LogP contribution in [0.4, 0.5) is 4.39 Å². The molecule has 1 amide bonds. The quantitative estimate of drug-likeness (QED) is 0.741. The SMILES string of the molecule is O=C(c1ccc(Cn2cc(CO)nn2)cc1)N1CC=C(c2ccccc2F)C1. The molecule has 7 heteroatoms. The molecule has 0 bridgehead atoms. The van der Waals surface area contributed by atoms with Crippen LogP contribution < -0.4 is 0 Å². The number of benzene rings is 2. The summed E-state index contributed by atoms with van der Waals surface area (Å²) in [6, 6.07) is 13.9. The Bertz CT molecular complexity index is 1030. The summed E-state index contributed by atoms with van der Waals surface area (Å²) in [5.74, 6) is -0.359. The molecule has 3 aromatic rings. The fraction of sp³-hybridized carbons (Fsp3) is 0.190. The third-order valence-corrected chi connectivity index (χ3v) is 4.72. The topological polar surface area (TPSA) is 71.2 Å². The molecule has 0 spiro atoms. The number of halogens is 1. The normalized spacial score (nSPS) is 13.6. The number of carbonyl (C=O) groups is 1. The first-order chi connectivity index (χ1) is 13.6. The zero-order valence-corrected chi connectivity index (χ0v) is 15.1. The van der Waals surface area contributed by atoms with E-state index in [9.17, 15) is 9.18 Å². The van der Waals surface area contributed by atoms with E-state index in [4.69, 9.17) is 5.11 Å². The van der Waals surface area contributed by atoms with Gasteiger partial charge in [0.15, 0.2) is 0 Å². The van der Waals surface area contributed by atoms with E-state index in [1.807, 2.05) is 18.2 Å². The fourth-order valence-corrected chi connectivity index (χ4v) is 3.24. The first-order valence-corrected chi connectivity index (χ1v) is 8.96. The zero-order valence-electron chi connectivity index (χ0n) is 15.1. The van der Waals surface area contributed by atoms with Gasteiger partial charge in [0, 0.05) is 24.2 Å². The monoisotopic (exact) mass is 378 g/mol. The molecule has 1 aliphatic heterocycles. The van der Waals surface area contributed by atoms with Gasteiger partial charge < -0.3 is 10.0 Å². The molecule has 0 fully saturated rings. The van der Waals surface area contributed by atoms with Crippen molar-refractivity contribution in [2.24, 2.45) is 0 Å². The van der Waals surface area contributed by atoms with Crippen LogP contribution in [0.5, 0.6) is 0 Å². The lowest BCUT2D eigenvalue weighted by molar-refractivity contribution is 0.0801. The van der Waals surface area contributed by atoms with E-state index in [-0.39, 0.29) is 18.3 Å². The van der Waals surface area contributed by atoms with Gasteiger partial charge in [0.2, 0.25) is 0 Å². The number of aliphatic hydroxyl groups is 1. The van der Waals surface area contributed by atoms with Crippen molar-refractivity contribution in [2.45, 2.75) is 13.2 Å². The van der Waals surface area contributed by atoms with Gasteiger partial charge in [0.25, 0.3) is 5.91 Å². The van der Waals surface area contributed by atoms with E-state index in [0.717, 1.165) is 11.1 Å². The lowest BCUT2D eigenvalue weighted by atomic mass is 10.1. The molecule has 1 aromatic heterocycles. The number of hydrogen-bond acceptors (Lipinski definition) is 4. The zero-order chi connectivity index (χ0) is 19.5. The summed E-state index contributed by atoms with van der Waals surface area (Å²) in [7, 11) is 0. The Balaban J connectivity index is 1.41. The van der Waals surface area contributed by atoms with Crippen molar-refractivity contribution in [1.82, 2.24) is 19.9 Å². The van der Waals surface area contributed by atoms with Gasteiger partial charge in [-0.05, 0) is 29.3 Å². The van der Waals surface area contributed by atoms with Gasteiger partial charge in [0.05, 0.1) is 19.3 Å². The second-order valence-corrected chi connectivity index (χ2v) is 6.66. The van der Waals surface area contributed by atoms with Gasteiger partial charge in [-0.2, -0.15) is 0 Å². The minimum absolute atomic E-state index is 0.0857. The van der Waals surface area contributed by atoms with Crippen molar-refractivity contribution >= 4 is 11.5 Å². The van der Waals surface area contributed by atoms with Crippen LogP contribution in [0.25, 0.3) is 5.57 Å². The molecule has 4 rings (SSSR count). The number of carbonyl (C=O) groups excluding carboxylic acids is 1. The van der Waals surface area contributed by atoms with Crippen molar-refractivity contribution < 1.29 is 14.3 Å². The van der Waals surface area contributed by atoms with Crippen LogP contribution in [-0.4, -0.2) is 44.0 Å². The molecule has 1 aliphatic rings. The second kappa shape index (κ2) is 7.74. The predicted octanol–water partition coefficient (Wildman–Crippen LogP) is 2.50. The van der Waals surface area contributed by atoms with Gasteiger partial charge in [-0.25, -0.2) is 9.07 Å². The van der Waals surface area contributed by atoms with Crippen LogP contribution in [0.15, 0.2) is 60.8 Å². The molecule has 0 unspecified atom stereocenters. The highest BCUT2D eigenvalue weighted by Crippen LogP contribution is 2.24. The summed E-state index contributed by atoms with van der Waals surface area (Å²) < 4.78 is 15.6. The molecule has 142 valence electrons. The highest BCUT2D eigenvalue weighted by Gasteiger charge is 2.22. The van der Waals surface area contributed by atoms with Crippen LogP contribution in [-0.2, 0) is 13.2 Å². The van der Waals surface area contributed by atoms with Crippen molar-refractivity contribution in [3.05, 3.63) is 89.0 Å². The average molecular weight is 378 g/mol. The summed E-state index contributed by atoms with van der Waals surface area (Å²) >= 11 is 0. The highest BCUT2D eigenvalue weighted by atomic mass is 19.1. The Kier molecular flexibility index (Phi) is 4.99. The van der Waals surface area contributed by atoms with E-state index in [1.165, 1.54) is 6.07 Å². The Morgan fingerprint density at radius 3 is 2.64 bits per heavy atom. The van der Waals surface area contributed by atoms with E-state index >= 15 is 0 Å². The van der Waals surface area contributed by atoms with Crippen molar-refractivity contribution in [2.75, 3.05) is 13.1 Å². The molecule has 28 heavy (non-hydrogen) atoms. The van der Waals surface area contributed by atoms with E-state index in [1.54, 1.807) is 46.1 Å². The van der Waals surface area contributed by atoms with E-state index in [0.29, 0.717) is 36.5 Å². The second-order valence-electron chi connectivity index (χ2n) is 6.66. The molecule has 0 aliphatic carbocycles. The molecule has 0 saturated carbocycles. The summed E-state index contributed by atoms with van der Waals surface area (Å²) in [4.78, 5) is 14.5. The molecule has 0 radical (unpaired) electrons. The molecule has 1 N–H and O–H groups in total. The summed E-state index contributed by atoms with van der Waals surface area (Å²) in [6.45, 7) is 1.22.